The van der Waals surface area contributed by atoms with Gasteiger partial charge in [-0.05, 0) is 49.2 Å². The molecule has 0 unspecified atom stereocenters. The Morgan fingerprint density at radius 1 is 0.889 bits per heavy atom. The van der Waals surface area contributed by atoms with Gasteiger partial charge in [-0.25, -0.2) is 13.4 Å². The van der Waals surface area contributed by atoms with Crippen LogP contribution >= 0.6 is 0 Å². The molecule has 0 aliphatic carbocycles. The van der Waals surface area contributed by atoms with E-state index in [2.05, 4.69) is 9.71 Å². The summed E-state index contributed by atoms with van der Waals surface area (Å²) in [6, 6.07) is 20.3. The predicted molar refractivity (Wildman–Crippen MR) is 107 cm³/mol. The average molecular weight is 377 g/mol. The van der Waals surface area contributed by atoms with Gasteiger partial charge in [-0.1, -0.05) is 42.5 Å². The third kappa shape index (κ3) is 3.31. The van der Waals surface area contributed by atoms with Crippen LogP contribution in [0.3, 0.4) is 0 Å². The molecule has 0 spiro atoms. The number of benzene rings is 2. The van der Waals surface area contributed by atoms with E-state index in [0.717, 1.165) is 16.7 Å². The van der Waals surface area contributed by atoms with E-state index in [0.29, 0.717) is 17.2 Å². The highest BCUT2D eigenvalue weighted by Crippen LogP contribution is 2.30. The van der Waals surface area contributed by atoms with Crippen molar-refractivity contribution in [2.45, 2.75) is 18.7 Å². The summed E-state index contributed by atoms with van der Waals surface area (Å²) >= 11 is 0. The monoisotopic (exact) mass is 377 g/mol. The van der Waals surface area contributed by atoms with Gasteiger partial charge in [-0.3, -0.25) is 9.12 Å². The summed E-state index contributed by atoms with van der Waals surface area (Å²) in [5.41, 5.74) is 4.07. The minimum Gasteiger partial charge on any atom is -0.285 e. The second-order valence-electron chi connectivity index (χ2n) is 6.53. The zero-order chi connectivity index (χ0) is 19.0. The second-order valence-corrected chi connectivity index (χ2v) is 8.21. The van der Waals surface area contributed by atoms with Gasteiger partial charge in [0, 0.05) is 11.8 Å². The maximum atomic E-state index is 13.0. The molecule has 5 nitrogen and oxygen atoms in total. The largest absolute Gasteiger partial charge is 0.285 e. The smallest absolute Gasteiger partial charge is 0.263 e. The highest BCUT2D eigenvalue weighted by Gasteiger charge is 2.21. The lowest BCUT2D eigenvalue weighted by Gasteiger charge is -2.10. The fourth-order valence-electron chi connectivity index (χ4n) is 3.01. The minimum atomic E-state index is -3.75. The van der Waals surface area contributed by atoms with Crippen LogP contribution < -0.4 is 4.72 Å². The van der Waals surface area contributed by atoms with Gasteiger partial charge in [-0.15, -0.1) is 0 Å². The van der Waals surface area contributed by atoms with Gasteiger partial charge >= 0.3 is 0 Å². The summed E-state index contributed by atoms with van der Waals surface area (Å²) in [5.74, 6) is 0.428. The van der Waals surface area contributed by atoms with Crippen molar-refractivity contribution in [3.8, 4) is 11.3 Å². The normalized spacial score (nSPS) is 11.6. The summed E-state index contributed by atoms with van der Waals surface area (Å²) in [6.07, 6.45) is 1.83. The van der Waals surface area contributed by atoms with Crippen LogP contribution in [0.25, 0.3) is 16.9 Å². The van der Waals surface area contributed by atoms with E-state index in [-0.39, 0.29) is 4.90 Å². The molecule has 27 heavy (non-hydrogen) atoms. The molecular formula is C21H19N3O2S. The Balaban J connectivity index is 1.90. The van der Waals surface area contributed by atoms with Crippen LogP contribution in [0, 0.1) is 13.8 Å². The molecule has 2 heterocycles. The molecule has 0 saturated carbocycles. The number of sulfonamides is 1. The topological polar surface area (TPSA) is 63.5 Å². The van der Waals surface area contributed by atoms with Crippen LogP contribution in [0.15, 0.2) is 77.8 Å². The van der Waals surface area contributed by atoms with Gasteiger partial charge in [0.1, 0.15) is 11.3 Å². The van der Waals surface area contributed by atoms with Crippen molar-refractivity contribution in [1.29, 1.82) is 0 Å². The fourth-order valence-corrected chi connectivity index (χ4v) is 4.18. The van der Waals surface area contributed by atoms with Crippen LogP contribution in [-0.4, -0.2) is 17.8 Å². The average Bonchev–Trinajstić information content (AvgIpc) is 2.99. The highest BCUT2D eigenvalue weighted by molar-refractivity contribution is 7.92. The molecule has 0 amide bonds. The van der Waals surface area contributed by atoms with Gasteiger partial charge < -0.3 is 0 Å². The molecule has 0 radical (unpaired) electrons. The van der Waals surface area contributed by atoms with Gasteiger partial charge in [0.2, 0.25) is 0 Å². The molecule has 0 aliphatic heterocycles. The van der Waals surface area contributed by atoms with Crippen LogP contribution in [0.5, 0.6) is 0 Å². The Morgan fingerprint density at radius 3 is 2.37 bits per heavy atom. The summed E-state index contributed by atoms with van der Waals surface area (Å²) in [4.78, 5) is 4.90. The van der Waals surface area contributed by atoms with Gasteiger partial charge in [0.05, 0.1) is 4.90 Å². The molecule has 1 N–H and O–H groups in total. The summed E-state index contributed by atoms with van der Waals surface area (Å²) in [5, 5.41) is 0. The molecule has 4 rings (SSSR count). The van der Waals surface area contributed by atoms with Crippen molar-refractivity contribution in [2.75, 3.05) is 4.72 Å². The number of imidazole rings is 1. The molecule has 6 heteroatoms. The number of nitrogens with one attached hydrogen (secondary N) is 1. The Bertz CT molecular complexity index is 1230. The highest BCUT2D eigenvalue weighted by atomic mass is 32.2. The number of nitrogens with zero attached hydrogens (tertiary/aromatic N) is 2. The molecule has 4 aromatic rings. The van der Waals surface area contributed by atoms with E-state index in [1.807, 2.05) is 68.6 Å². The standard InChI is InChI=1S/C21H19N3O2S/c1-15-7-6-10-18(13-15)27(25,26)23-21-20(17-8-4-3-5-9-17)22-19-14-16(2)11-12-24(19)21/h3-14,23H,1-2H3. The molecule has 0 saturated heterocycles. The van der Waals surface area contributed by atoms with Gasteiger partial charge in [0.15, 0.2) is 5.82 Å². The summed E-state index contributed by atoms with van der Waals surface area (Å²) in [7, 11) is -3.75. The Labute approximate surface area is 158 Å². The van der Waals surface area contributed by atoms with Crippen molar-refractivity contribution in [3.05, 3.63) is 84.1 Å². The number of fused-ring (bicyclic) bond motifs is 1. The molecule has 136 valence electrons. The van der Waals surface area contributed by atoms with Crippen LogP contribution in [0.1, 0.15) is 11.1 Å². The first kappa shape index (κ1) is 17.3. The summed E-state index contributed by atoms with van der Waals surface area (Å²) < 4.78 is 30.5. The van der Waals surface area contributed by atoms with Crippen LogP contribution in [-0.2, 0) is 10.0 Å². The SMILES string of the molecule is Cc1cccc(S(=O)(=O)Nc2c(-c3ccccc3)nc3cc(C)ccn23)c1. The number of rotatable bonds is 4. The lowest BCUT2D eigenvalue weighted by atomic mass is 10.1. The molecule has 0 aliphatic rings. The van der Waals surface area contributed by atoms with Crippen LogP contribution in [0.2, 0.25) is 0 Å². The lowest BCUT2D eigenvalue weighted by Crippen LogP contribution is -2.15. The van der Waals surface area contributed by atoms with E-state index < -0.39 is 10.0 Å². The molecule has 0 fully saturated rings. The van der Waals surface area contributed by atoms with Crippen molar-refractivity contribution in [1.82, 2.24) is 9.38 Å². The number of aryl methyl sites for hydroxylation is 2. The van der Waals surface area contributed by atoms with Crippen molar-refractivity contribution in [3.63, 3.8) is 0 Å². The zero-order valence-corrected chi connectivity index (χ0v) is 15.9. The first-order valence-electron chi connectivity index (χ1n) is 8.58. The number of anilines is 1. The summed E-state index contributed by atoms with van der Waals surface area (Å²) in [6.45, 7) is 3.85. The van der Waals surface area contributed by atoms with Crippen molar-refractivity contribution in [2.24, 2.45) is 0 Å². The zero-order valence-electron chi connectivity index (χ0n) is 15.0. The third-order valence-corrected chi connectivity index (χ3v) is 5.70. The molecule has 0 atom stereocenters. The van der Waals surface area contributed by atoms with E-state index in [1.54, 1.807) is 22.6 Å². The van der Waals surface area contributed by atoms with E-state index in [1.165, 1.54) is 0 Å². The molecular weight excluding hydrogens is 358 g/mol. The number of hydrogen-bond acceptors (Lipinski definition) is 3. The number of pyridine rings is 1. The minimum absolute atomic E-state index is 0.226. The van der Waals surface area contributed by atoms with E-state index >= 15 is 0 Å². The number of aromatic nitrogens is 2. The number of hydrogen-bond donors (Lipinski definition) is 1. The first-order valence-corrected chi connectivity index (χ1v) is 10.1. The van der Waals surface area contributed by atoms with E-state index in [4.69, 9.17) is 0 Å². The Kier molecular flexibility index (Phi) is 4.20. The second kappa shape index (κ2) is 6.55. The van der Waals surface area contributed by atoms with Gasteiger partial charge in [-0.2, -0.15) is 0 Å². The maximum Gasteiger partial charge on any atom is 0.263 e. The van der Waals surface area contributed by atoms with E-state index in [9.17, 15) is 8.42 Å². The lowest BCUT2D eigenvalue weighted by molar-refractivity contribution is 0.601. The Hall–Kier alpha value is -3.12. The van der Waals surface area contributed by atoms with Crippen LogP contribution in [0.4, 0.5) is 5.82 Å². The molecule has 2 aromatic heterocycles. The molecule has 0 bridgehead atoms. The fraction of sp³-hybridized carbons (Fsp3) is 0.0952. The van der Waals surface area contributed by atoms with Crippen molar-refractivity contribution < 1.29 is 8.42 Å². The Morgan fingerprint density at radius 2 is 1.63 bits per heavy atom. The van der Waals surface area contributed by atoms with Gasteiger partial charge in [0.25, 0.3) is 10.0 Å². The molecule has 2 aromatic carbocycles. The third-order valence-electron chi connectivity index (χ3n) is 4.36. The van der Waals surface area contributed by atoms with Crippen molar-refractivity contribution >= 4 is 21.5 Å². The maximum absolute atomic E-state index is 13.0. The quantitative estimate of drug-likeness (QED) is 0.573. The predicted octanol–water partition coefficient (Wildman–Crippen LogP) is 4.42. The first-order chi connectivity index (χ1) is 12.9.